The predicted octanol–water partition coefficient (Wildman–Crippen LogP) is 2.46. The minimum atomic E-state index is 0.166. The van der Waals surface area contributed by atoms with E-state index in [4.69, 9.17) is 4.74 Å². The van der Waals surface area contributed by atoms with Crippen LogP contribution in [0.3, 0.4) is 0 Å². The number of nitrogens with zero attached hydrogens (tertiary/aromatic N) is 2. The van der Waals surface area contributed by atoms with E-state index in [1.807, 2.05) is 13.1 Å². The third-order valence-corrected chi connectivity index (χ3v) is 3.34. The molecular formula is C14H23N3O. The van der Waals surface area contributed by atoms with Crippen molar-refractivity contribution in [1.29, 1.82) is 0 Å². The highest BCUT2D eigenvalue weighted by Gasteiger charge is 2.21. The molecule has 18 heavy (non-hydrogen) atoms. The maximum atomic E-state index is 5.95. The van der Waals surface area contributed by atoms with Crippen LogP contribution in [0.4, 0.5) is 0 Å². The van der Waals surface area contributed by atoms with Gasteiger partial charge >= 0.3 is 0 Å². The molecule has 2 rings (SSSR count). The van der Waals surface area contributed by atoms with Crippen LogP contribution < -0.4 is 10.1 Å². The maximum absolute atomic E-state index is 5.95. The van der Waals surface area contributed by atoms with Gasteiger partial charge in [-0.25, -0.2) is 4.98 Å². The van der Waals surface area contributed by atoms with Gasteiger partial charge in [0.1, 0.15) is 5.82 Å². The number of nitrogens with one attached hydrogen (secondary N) is 1. The molecule has 1 fully saturated rings. The first-order valence-corrected chi connectivity index (χ1v) is 6.79. The van der Waals surface area contributed by atoms with Gasteiger partial charge in [-0.05, 0) is 32.6 Å². The molecule has 1 aromatic rings. The van der Waals surface area contributed by atoms with E-state index in [-0.39, 0.29) is 6.10 Å². The van der Waals surface area contributed by atoms with Crippen LogP contribution in [0.25, 0.3) is 0 Å². The Morgan fingerprint density at radius 1 is 1.39 bits per heavy atom. The predicted molar refractivity (Wildman–Crippen MR) is 71.6 cm³/mol. The van der Waals surface area contributed by atoms with Crippen molar-refractivity contribution in [3.8, 4) is 5.88 Å². The average Bonchev–Trinajstić information content (AvgIpc) is 3.11. The van der Waals surface area contributed by atoms with E-state index >= 15 is 0 Å². The smallest absolute Gasteiger partial charge is 0.221 e. The lowest BCUT2D eigenvalue weighted by atomic mass is 10.1. The number of aryl methyl sites for hydroxylation is 1. The van der Waals surface area contributed by atoms with Crippen LogP contribution in [0.2, 0.25) is 0 Å². The Labute approximate surface area is 109 Å². The summed E-state index contributed by atoms with van der Waals surface area (Å²) in [5, 5.41) is 3.48. The molecule has 4 nitrogen and oxygen atoms in total. The van der Waals surface area contributed by atoms with Crippen LogP contribution in [-0.4, -0.2) is 22.1 Å². The molecule has 1 unspecified atom stereocenters. The van der Waals surface area contributed by atoms with E-state index in [9.17, 15) is 0 Å². The van der Waals surface area contributed by atoms with Crippen molar-refractivity contribution in [3.63, 3.8) is 0 Å². The van der Waals surface area contributed by atoms with Crippen LogP contribution in [0.1, 0.15) is 45.0 Å². The van der Waals surface area contributed by atoms with Crippen molar-refractivity contribution in [1.82, 2.24) is 15.3 Å². The Kier molecular flexibility index (Phi) is 4.17. The van der Waals surface area contributed by atoms with Gasteiger partial charge in [-0.2, -0.15) is 4.98 Å². The molecule has 0 radical (unpaired) electrons. The first-order chi connectivity index (χ1) is 8.56. The van der Waals surface area contributed by atoms with Gasteiger partial charge in [0.05, 0.1) is 6.10 Å². The van der Waals surface area contributed by atoms with Gasteiger partial charge in [0.2, 0.25) is 5.88 Å². The summed E-state index contributed by atoms with van der Waals surface area (Å²) in [5.74, 6) is 1.97. The monoisotopic (exact) mass is 249 g/mol. The fraction of sp³-hybridized carbons (Fsp3) is 0.714. The van der Waals surface area contributed by atoms with E-state index in [1.54, 1.807) is 0 Å². The molecule has 0 saturated heterocycles. The second-order valence-corrected chi connectivity index (χ2v) is 5.47. The van der Waals surface area contributed by atoms with Gasteiger partial charge in [0, 0.05) is 24.3 Å². The molecule has 100 valence electrons. The first kappa shape index (κ1) is 13.3. The van der Waals surface area contributed by atoms with Crippen molar-refractivity contribution in [2.75, 3.05) is 0 Å². The Morgan fingerprint density at radius 3 is 2.72 bits per heavy atom. The molecule has 0 aromatic carbocycles. The summed E-state index contributed by atoms with van der Waals surface area (Å²) in [5.41, 5.74) is 1.06. The second kappa shape index (κ2) is 5.65. The van der Waals surface area contributed by atoms with Crippen molar-refractivity contribution in [2.45, 2.75) is 59.2 Å². The van der Waals surface area contributed by atoms with Gasteiger partial charge in [-0.1, -0.05) is 13.8 Å². The van der Waals surface area contributed by atoms with Gasteiger partial charge in [0.25, 0.3) is 0 Å². The van der Waals surface area contributed by atoms with E-state index in [0.717, 1.165) is 23.8 Å². The molecule has 1 N–H and O–H groups in total. The number of ether oxygens (including phenoxy) is 1. The highest BCUT2D eigenvalue weighted by molar-refractivity contribution is 5.24. The summed E-state index contributed by atoms with van der Waals surface area (Å²) in [6.45, 7) is 9.08. The third-order valence-electron chi connectivity index (χ3n) is 3.34. The molecule has 1 aliphatic rings. The molecule has 1 aliphatic carbocycles. The van der Waals surface area contributed by atoms with Gasteiger partial charge < -0.3 is 10.1 Å². The quantitative estimate of drug-likeness (QED) is 0.841. The largest absolute Gasteiger partial charge is 0.474 e. The molecule has 1 aromatic heterocycles. The maximum Gasteiger partial charge on any atom is 0.221 e. The lowest BCUT2D eigenvalue weighted by molar-refractivity contribution is 0.160. The van der Waals surface area contributed by atoms with Crippen LogP contribution in [0, 0.1) is 12.8 Å². The molecule has 0 bridgehead atoms. The van der Waals surface area contributed by atoms with E-state index < -0.39 is 0 Å². The van der Waals surface area contributed by atoms with E-state index in [0.29, 0.717) is 12.0 Å². The number of rotatable bonds is 6. The summed E-state index contributed by atoms with van der Waals surface area (Å²) in [4.78, 5) is 8.68. The lowest BCUT2D eigenvalue weighted by Gasteiger charge is -2.19. The molecule has 0 amide bonds. The summed E-state index contributed by atoms with van der Waals surface area (Å²) in [6, 6.07) is 0.682. The Balaban J connectivity index is 2.06. The second-order valence-electron chi connectivity index (χ2n) is 5.47. The third kappa shape index (κ3) is 3.67. The van der Waals surface area contributed by atoms with E-state index in [2.05, 4.69) is 36.1 Å². The summed E-state index contributed by atoms with van der Waals surface area (Å²) < 4.78 is 5.95. The lowest BCUT2D eigenvalue weighted by Crippen LogP contribution is -2.22. The SMILES string of the molecule is Cc1ncc(CNC2CC2)c(OC(C)C(C)C)n1. The fourth-order valence-electron chi connectivity index (χ4n) is 1.55. The Hall–Kier alpha value is -1.16. The van der Waals surface area contributed by atoms with Crippen LogP contribution in [0.5, 0.6) is 5.88 Å². The molecule has 0 spiro atoms. The van der Waals surface area contributed by atoms with Crippen LogP contribution in [0.15, 0.2) is 6.20 Å². The highest BCUT2D eigenvalue weighted by atomic mass is 16.5. The van der Waals surface area contributed by atoms with E-state index in [1.165, 1.54) is 12.8 Å². The van der Waals surface area contributed by atoms with Crippen molar-refractivity contribution in [2.24, 2.45) is 5.92 Å². The summed E-state index contributed by atoms with van der Waals surface area (Å²) in [6.07, 6.45) is 4.61. The zero-order valence-corrected chi connectivity index (χ0v) is 11.7. The summed E-state index contributed by atoms with van der Waals surface area (Å²) in [7, 11) is 0. The fourth-order valence-corrected chi connectivity index (χ4v) is 1.55. The molecule has 1 atom stereocenters. The zero-order chi connectivity index (χ0) is 13.1. The molecule has 0 aliphatic heterocycles. The van der Waals surface area contributed by atoms with Crippen molar-refractivity contribution < 1.29 is 4.74 Å². The number of hydrogen-bond donors (Lipinski definition) is 1. The zero-order valence-electron chi connectivity index (χ0n) is 11.7. The average molecular weight is 249 g/mol. The molecule has 4 heteroatoms. The minimum Gasteiger partial charge on any atom is -0.474 e. The van der Waals surface area contributed by atoms with Gasteiger partial charge in [-0.3, -0.25) is 0 Å². The Morgan fingerprint density at radius 2 is 2.11 bits per heavy atom. The van der Waals surface area contributed by atoms with Crippen molar-refractivity contribution in [3.05, 3.63) is 17.6 Å². The topological polar surface area (TPSA) is 47.0 Å². The van der Waals surface area contributed by atoms with Crippen LogP contribution >= 0.6 is 0 Å². The Bertz CT molecular complexity index is 402. The minimum absolute atomic E-state index is 0.166. The molecule has 1 saturated carbocycles. The highest BCUT2D eigenvalue weighted by Crippen LogP contribution is 2.22. The number of aromatic nitrogens is 2. The molecule has 1 heterocycles. The first-order valence-electron chi connectivity index (χ1n) is 6.79. The summed E-state index contributed by atoms with van der Waals surface area (Å²) >= 11 is 0. The number of hydrogen-bond acceptors (Lipinski definition) is 4. The van der Waals surface area contributed by atoms with Crippen LogP contribution in [-0.2, 0) is 6.54 Å². The molecular weight excluding hydrogens is 226 g/mol. The standard InChI is InChI=1S/C14H23N3O/c1-9(2)10(3)18-14-12(7-15-11(4)17-14)8-16-13-5-6-13/h7,9-10,13,16H,5-6,8H2,1-4H3. The normalized spacial score (nSPS) is 16.9. The van der Waals surface area contributed by atoms with Gasteiger partial charge in [-0.15, -0.1) is 0 Å². The van der Waals surface area contributed by atoms with Gasteiger partial charge in [0.15, 0.2) is 0 Å². The van der Waals surface area contributed by atoms with Crippen molar-refractivity contribution >= 4 is 0 Å².